The number of aromatic nitrogens is 3. The van der Waals surface area contributed by atoms with Crippen LogP contribution in [0.15, 0.2) is 44.6 Å². The first-order valence-electron chi connectivity index (χ1n) is 8.44. The lowest BCUT2D eigenvalue weighted by atomic mass is 10.3. The first-order chi connectivity index (χ1) is 13.9. The number of benzene rings is 1. The summed E-state index contributed by atoms with van der Waals surface area (Å²) in [6.45, 7) is 2.68. The summed E-state index contributed by atoms with van der Waals surface area (Å²) in [6, 6.07) is 7.65. The fourth-order valence-corrected chi connectivity index (χ4v) is 3.75. The Morgan fingerprint density at radius 3 is 2.83 bits per heavy atom. The zero-order valence-corrected chi connectivity index (χ0v) is 18.3. The quantitative estimate of drug-likeness (QED) is 0.263. The Bertz CT molecular complexity index is 1050. The number of carbonyl (C=O) groups excluding carboxylic acids is 1. The van der Waals surface area contributed by atoms with Gasteiger partial charge in [-0.05, 0) is 46.6 Å². The van der Waals surface area contributed by atoms with E-state index >= 15 is 0 Å². The molecule has 0 fully saturated rings. The third-order valence-electron chi connectivity index (χ3n) is 3.72. The topological polar surface area (TPSA) is 116 Å². The molecule has 0 spiro atoms. The van der Waals surface area contributed by atoms with E-state index in [1.165, 1.54) is 30.0 Å². The average Bonchev–Trinajstić information content (AvgIpc) is 3.28. The summed E-state index contributed by atoms with van der Waals surface area (Å²) in [5, 5.41) is 22.5. The van der Waals surface area contributed by atoms with Crippen LogP contribution in [0.1, 0.15) is 13.3 Å². The monoisotopic (exact) mass is 499 g/mol. The summed E-state index contributed by atoms with van der Waals surface area (Å²) in [7, 11) is 0. The van der Waals surface area contributed by atoms with E-state index in [0.29, 0.717) is 33.6 Å². The predicted octanol–water partition coefficient (Wildman–Crippen LogP) is 5.00. The number of anilines is 1. The molecule has 0 aliphatic heterocycles. The second-order valence-electron chi connectivity index (χ2n) is 5.82. The molecular formula is C17H15BrClN5O4S. The van der Waals surface area contributed by atoms with Crippen molar-refractivity contribution in [2.45, 2.75) is 25.0 Å². The maximum atomic E-state index is 12.3. The molecule has 0 atom stereocenters. The number of halogens is 2. The van der Waals surface area contributed by atoms with Gasteiger partial charge in [-0.1, -0.05) is 30.3 Å². The van der Waals surface area contributed by atoms with Crippen molar-refractivity contribution in [3.8, 4) is 11.6 Å². The summed E-state index contributed by atoms with van der Waals surface area (Å²) in [5.74, 6) is 0.872. The summed E-state index contributed by atoms with van der Waals surface area (Å²) in [5.41, 5.74) is 0.0249. The molecule has 12 heteroatoms. The molecular weight excluding hydrogens is 486 g/mol. The molecule has 0 saturated heterocycles. The lowest BCUT2D eigenvalue weighted by Crippen LogP contribution is -2.15. The third kappa shape index (κ3) is 5.17. The van der Waals surface area contributed by atoms with E-state index in [-0.39, 0.29) is 22.4 Å². The molecule has 2 aromatic heterocycles. The highest BCUT2D eigenvalue weighted by Gasteiger charge is 2.18. The van der Waals surface area contributed by atoms with Crippen LogP contribution in [0, 0.1) is 10.1 Å². The van der Waals surface area contributed by atoms with Gasteiger partial charge in [-0.25, -0.2) is 0 Å². The lowest BCUT2D eigenvalue weighted by Gasteiger charge is -2.08. The standard InChI is InChI=1S/C17H15BrClN5O4S/c1-2-7-23-16(13-5-6-14(18)28-13)21-22-17(23)29-9-15(25)20-10-3-4-11(19)12(8-10)24(26)27/h3-6,8H,2,7,9H2,1H3,(H,20,25). The van der Waals surface area contributed by atoms with Crippen molar-refractivity contribution < 1.29 is 14.1 Å². The fraction of sp³-hybridized carbons (Fsp3) is 0.235. The van der Waals surface area contributed by atoms with E-state index in [4.69, 9.17) is 16.0 Å². The van der Waals surface area contributed by atoms with Crippen LogP contribution in [-0.2, 0) is 11.3 Å². The van der Waals surface area contributed by atoms with Gasteiger partial charge in [0.15, 0.2) is 15.6 Å². The summed E-state index contributed by atoms with van der Waals surface area (Å²) in [6.07, 6.45) is 0.848. The van der Waals surface area contributed by atoms with E-state index in [1.54, 1.807) is 12.1 Å². The van der Waals surface area contributed by atoms with Gasteiger partial charge in [-0.3, -0.25) is 19.5 Å². The van der Waals surface area contributed by atoms with Gasteiger partial charge < -0.3 is 9.73 Å². The fourth-order valence-electron chi connectivity index (χ4n) is 2.49. The molecule has 1 amide bonds. The molecule has 29 heavy (non-hydrogen) atoms. The minimum absolute atomic E-state index is 0.00661. The molecule has 3 aromatic rings. The van der Waals surface area contributed by atoms with Gasteiger partial charge in [-0.15, -0.1) is 10.2 Å². The van der Waals surface area contributed by atoms with Crippen LogP contribution in [0.2, 0.25) is 5.02 Å². The molecule has 0 unspecified atom stereocenters. The van der Waals surface area contributed by atoms with Gasteiger partial charge in [-0.2, -0.15) is 0 Å². The lowest BCUT2D eigenvalue weighted by molar-refractivity contribution is -0.384. The first-order valence-corrected chi connectivity index (χ1v) is 10.6. The van der Waals surface area contributed by atoms with Gasteiger partial charge in [0.05, 0.1) is 10.7 Å². The van der Waals surface area contributed by atoms with E-state index in [9.17, 15) is 14.9 Å². The van der Waals surface area contributed by atoms with Crippen LogP contribution in [0.4, 0.5) is 11.4 Å². The smallest absolute Gasteiger partial charge is 0.289 e. The number of rotatable bonds is 8. The van der Waals surface area contributed by atoms with E-state index in [0.717, 1.165) is 6.42 Å². The van der Waals surface area contributed by atoms with E-state index in [1.807, 2.05) is 11.5 Å². The molecule has 0 bridgehead atoms. The molecule has 0 radical (unpaired) electrons. The highest BCUT2D eigenvalue weighted by Crippen LogP contribution is 2.29. The van der Waals surface area contributed by atoms with Crippen molar-refractivity contribution in [3.05, 3.63) is 50.1 Å². The van der Waals surface area contributed by atoms with Gasteiger partial charge in [0.25, 0.3) is 5.69 Å². The molecule has 152 valence electrons. The van der Waals surface area contributed by atoms with Crippen LogP contribution in [-0.4, -0.2) is 31.3 Å². The third-order valence-corrected chi connectivity index (χ3v) is 5.43. The number of furan rings is 1. The van der Waals surface area contributed by atoms with Crippen molar-refractivity contribution in [1.82, 2.24) is 14.8 Å². The Labute approximate surface area is 183 Å². The van der Waals surface area contributed by atoms with Crippen LogP contribution in [0.25, 0.3) is 11.6 Å². The summed E-state index contributed by atoms with van der Waals surface area (Å²) >= 11 is 10.3. The van der Waals surface area contributed by atoms with Crippen molar-refractivity contribution in [2.75, 3.05) is 11.1 Å². The normalized spacial score (nSPS) is 10.9. The molecule has 2 heterocycles. The van der Waals surface area contributed by atoms with E-state index in [2.05, 4.69) is 31.4 Å². The molecule has 0 aliphatic carbocycles. The molecule has 9 nitrogen and oxygen atoms in total. The summed E-state index contributed by atoms with van der Waals surface area (Å²) < 4.78 is 8.03. The molecule has 3 rings (SSSR count). The number of thioether (sulfide) groups is 1. The number of nitrogens with zero attached hydrogens (tertiary/aromatic N) is 4. The number of nitro benzene ring substituents is 1. The van der Waals surface area contributed by atoms with Crippen LogP contribution < -0.4 is 5.32 Å². The highest BCUT2D eigenvalue weighted by atomic mass is 79.9. The number of hydrogen-bond acceptors (Lipinski definition) is 7. The van der Waals surface area contributed by atoms with Crippen LogP contribution in [0.3, 0.4) is 0 Å². The predicted molar refractivity (Wildman–Crippen MR) is 113 cm³/mol. The molecule has 1 N–H and O–H groups in total. The Kier molecular flexibility index (Phi) is 6.93. The largest absolute Gasteiger partial charge is 0.446 e. The van der Waals surface area contributed by atoms with Crippen LogP contribution in [0.5, 0.6) is 0 Å². The minimum atomic E-state index is -0.603. The number of nitro groups is 1. The Morgan fingerprint density at radius 2 is 2.17 bits per heavy atom. The van der Waals surface area contributed by atoms with Gasteiger partial charge in [0.1, 0.15) is 5.02 Å². The zero-order valence-electron chi connectivity index (χ0n) is 15.1. The van der Waals surface area contributed by atoms with Crippen molar-refractivity contribution >= 4 is 56.6 Å². The summed E-state index contributed by atoms with van der Waals surface area (Å²) in [4.78, 5) is 22.6. The molecule has 0 saturated carbocycles. The second-order valence-corrected chi connectivity index (χ2v) is 7.95. The number of carbonyl (C=O) groups is 1. The zero-order chi connectivity index (χ0) is 21.0. The first kappa shape index (κ1) is 21.3. The van der Waals surface area contributed by atoms with Gasteiger partial charge >= 0.3 is 0 Å². The maximum absolute atomic E-state index is 12.3. The molecule has 1 aromatic carbocycles. The van der Waals surface area contributed by atoms with Crippen molar-refractivity contribution in [2.24, 2.45) is 0 Å². The number of nitrogens with one attached hydrogen (secondary N) is 1. The Balaban J connectivity index is 1.69. The maximum Gasteiger partial charge on any atom is 0.289 e. The second kappa shape index (κ2) is 9.42. The Morgan fingerprint density at radius 1 is 1.38 bits per heavy atom. The average molecular weight is 501 g/mol. The van der Waals surface area contributed by atoms with Crippen molar-refractivity contribution in [1.29, 1.82) is 0 Å². The van der Waals surface area contributed by atoms with Gasteiger partial charge in [0.2, 0.25) is 11.7 Å². The number of hydrogen-bond donors (Lipinski definition) is 1. The molecule has 0 aliphatic rings. The van der Waals surface area contributed by atoms with Crippen molar-refractivity contribution in [3.63, 3.8) is 0 Å². The van der Waals surface area contributed by atoms with Crippen LogP contribution >= 0.6 is 39.3 Å². The minimum Gasteiger partial charge on any atom is -0.446 e. The SMILES string of the molecule is CCCn1c(SCC(=O)Nc2ccc(Cl)c([N+](=O)[O-])c2)nnc1-c1ccc(Br)o1. The number of amides is 1. The highest BCUT2D eigenvalue weighted by molar-refractivity contribution is 9.10. The Hall–Kier alpha value is -2.37. The van der Waals surface area contributed by atoms with Gasteiger partial charge in [0, 0.05) is 18.3 Å². The van der Waals surface area contributed by atoms with E-state index < -0.39 is 4.92 Å².